The molecule has 182 valence electrons. The summed E-state index contributed by atoms with van der Waals surface area (Å²) in [5.41, 5.74) is 18.1. The number of ether oxygens (including phenoxy) is 1. The highest BCUT2D eigenvalue weighted by molar-refractivity contribution is 5.98. The van der Waals surface area contributed by atoms with Crippen LogP contribution in [0.25, 0.3) is 16.7 Å². The number of primary amides is 1. The minimum absolute atomic E-state index is 0.390. The van der Waals surface area contributed by atoms with Gasteiger partial charge in [0.15, 0.2) is 0 Å². The molecular formula is C26H31N7O2. The van der Waals surface area contributed by atoms with Crippen molar-refractivity contribution in [3.8, 4) is 5.69 Å². The molecule has 0 spiro atoms. The fourth-order valence-electron chi connectivity index (χ4n) is 3.89. The number of hydrogen-bond acceptors (Lipinski definition) is 7. The Hall–Kier alpha value is -4.11. The number of amides is 1. The fourth-order valence-corrected chi connectivity index (χ4v) is 3.89. The Bertz CT molecular complexity index is 1270. The average Bonchev–Trinajstić information content (AvgIpc) is 3.28. The van der Waals surface area contributed by atoms with Gasteiger partial charge in [-0.2, -0.15) is 4.80 Å². The van der Waals surface area contributed by atoms with Gasteiger partial charge in [0, 0.05) is 44.2 Å². The quantitative estimate of drug-likeness (QED) is 0.438. The molecule has 9 nitrogen and oxygen atoms in total. The minimum atomic E-state index is -0.390. The summed E-state index contributed by atoms with van der Waals surface area (Å²) in [4.78, 5) is 16.8. The van der Waals surface area contributed by atoms with Crippen LogP contribution in [-0.4, -0.2) is 61.3 Å². The van der Waals surface area contributed by atoms with Crippen LogP contribution in [0.2, 0.25) is 0 Å². The summed E-state index contributed by atoms with van der Waals surface area (Å²) in [6.07, 6.45) is 0. The number of morpholine rings is 1. The van der Waals surface area contributed by atoms with Gasteiger partial charge in [-0.1, -0.05) is 12.1 Å². The van der Waals surface area contributed by atoms with Crippen molar-refractivity contribution in [3.05, 3.63) is 71.8 Å². The van der Waals surface area contributed by atoms with E-state index in [9.17, 15) is 4.79 Å². The molecule has 3 aromatic carbocycles. The van der Waals surface area contributed by atoms with Gasteiger partial charge >= 0.3 is 0 Å². The van der Waals surface area contributed by atoms with Gasteiger partial charge in [-0.25, -0.2) is 0 Å². The predicted octanol–water partition coefficient (Wildman–Crippen LogP) is 3.00. The molecule has 1 aromatic heterocycles. The molecule has 1 fully saturated rings. The summed E-state index contributed by atoms with van der Waals surface area (Å²) in [5.74, 6) is -0.390. The van der Waals surface area contributed by atoms with E-state index in [1.165, 1.54) is 5.69 Å². The molecule has 4 N–H and O–H groups in total. The number of fused-ring (bicyclic) bond motifs is 1. The van der Waals surface area contributed by atoms with E-state index in [4.69, 9.17) is 16.2 Å². The van der Waals surface area contributed by atoms with Crippen molar-refractivity contribution in [2.75, 3.05) is 55.9 Å². The maximum atomic E-state index is 10.9. The maximum absolute atomic E-state index is 10.9. The zero-order valence-electron chi connectivity index (χ0n) is 20.3. The highest BCUT2D eigenvalue weighted by atomic mass is 16.5. The topological polar surface area (TPSA) is 116 Å². The van der Waals surface area contributed by atoms with E-state index < -0.39 is 0 Å². The summed E-state index contributed by atoms with van der Waals surface area (Å²) >= 11 is 0. The standard InChI is InChI=1S/C17H19N5O.C9H12N2O/c1-12-10-16-17(11-15(12)18)20-22(19-16)14-4-2-13(3-5-14)21-6-8-23-9-7-21;1-11(2)8-6-4-3-5-7(8)9(10)12/h2-5,10-11H,6-9,18H2,1H3;3-6H,1-2H3,(H2,10,12). The number of nitrogen functional groups attached to an aromatic ring is 1. The van der Waals surface area contributed by atoms with Crippen LogP contribution in [0.15, 0.2) is 60.7 Å². The highest BCUT2D eigenvalue weighted by Crippen LogP contribution is 2.21. The average molecular weight is 474 g/mol. The molecule has 0 saturated carbocycles. The molecule has 1 aliphatic heterocycles. The first kappa shape index (κ1) is 24.0. The highest BCUT2D eigenvalue weighted by Gasteiger charge is 2.12. The van der Waals surface area contributed by atoms with Gasteiger partial charge in [0.05, 0.1) is 24.5 Å². The normalized spacial score (nSPS) is 13.3. The number of carbonyl (C=O) groups is 1. The van der Waals surface area contributed by atoms with Gasteiger partial charge in [0.2, 0.25) is 0 Å². The Labute approximate surface area is 204 Å². The lowest BCUT2D eigenvalue weighted by Crippen LogP contribution is -2.36. The first-order valence-electron chi connectivity index (χ1n) is 11.5. The second-order valence-electron chi connectivity index (χ2n) is 8.58. The van der Waals surface area contributed by atoms with Crippen molar-refractivity contribution < 1.29 is 9.53 Å². The van der Waals surface area contributed by atoms with Crippen molar-refractivity contribution in [2.45, 2.75) is 6.92 Å². The van der Waals surface area contributed by atoms with Crippen LogP contribution in [0.4, 0.5) is 17.1 Å². The van der Waals surface area contributed by atoms with Crippen LogP contribution in [0.1, 0.15) is 15.9 Å². The van der Waals surface area contributed by atoms with Crippen molar-refractivity contribution in [3.63, 3.8) is 0 Å². The van der Waals surface area contributed by atoms with Gasteiger partial charge in [-0.15, -0.1) is 10.2 Å². The van der Waals surface area contributed by atoms with Gasteiger partial charge < -0.3 is 26.0 Å². The van der Waals surface area contributed by atoms with Crippen molar-refractivity contribution in [1.82, 2.24) is 15.0 Å². The summed E-state index contributed by atoms with van der Waals surface area (Å²) < 4.78 is 5.39. The molecule has 0 unspecified atom stereocenters. The van der Waals surface area contributed by atoms with Crippen LogP contribution in [0.3, 0.4) is 0 Å². The fraction of sp³-hybridized carbons (Fsp3) is 0.269. The number of nitrogens with zero attached hydrogens (tertiary/aromatic N) is 5. The molecule has 0 atom stereocenters. The predicted molar refractivity (Wildman–Crippen MR) is 140 cm³/mol. The molecule has 0 radical (unpaired) electrons. The third-order valence-electron chi connectivity index (χ3n) is 5.88. The molecule has 0 bridgehead atoms. The maximum Gasteiger partial charge on any atom is 0.250 e. The smallest absolute Gasteiger partial charge is 0.250 e. The van der Waals surface area contributed by atoms with Gasteiger partial charge in [0.25, 0.3) is 5.91 Å². The van der Waals surface area contributed by atoms with Crippen molar-refractivity contribution >= 4 is 34.0 Å². The molecule has 5 rings (SSSR count). The van der Waals surface area contributed by atoms with Crippen molar-refractivity contribution in [2.24, 2.45) is 5.73 Å². The molecule has 1 saturated heterocycles. The second-order valence-corrected chi connectivity index (χ2v) is 8.58. The lowest BCUT2D eigenvalue weighted by Gasteiger charge is -2.28. The molecular weight excluding hydrogens is 442 g/mol. The van der Waals surface area contributed by atoms with Crippen LogP contribution in [0, 0.1) is 6.92 Å². The number of nitrogens with two attached hydrogens (primary N) is 2. The number of para-hydroxylation sites is 1. The molecule has 1 aliphatic rings. The van der Waals surface area contributed by atoms with E-state index >= 15 is 0 Å². The van der Waals surface area contributed by atoms with Crippen molar-refractivity contribution in [1.29, 1.82) is 0 Å². The van der Waals surface area contributed by atoms with E-state index in [1.807, 2.05) is 62.3 Å². The molecule has 0 aliphatic carbocycles. The molecule has 1 amide bonds. The number of benzene rings is 3. The first-order chi connectivity index (χ1) is 16.8. The monoisotopic (exact) mass is 473 g/mol. The summed E-state index contributed by atoms with van der Waals surface area (Å²) in [6.45, 7) is 5.41. The van der Waals surface area contributed by atoms with Gasteiger partial charge in [-0.3, -0.25) is 4.79 Å². The van der Waals surface area contributed by atoms with Gasteiger partial charge in [-0.05, 0) is 61.0 Å². The van der Waals surface area contributed by atoms with E-state index in [0.29, 0.717) is 5.56 Å². The Morgan fingerprint density at radius 1 is 0.943 bits per heavy atom. The van der Waals surface area contributed by atoms with E-state index in [-0.39, 0.29) is 5.91 Å². The summed E-state index contributed by atoms with van der Waals surface area (Å²) in [7, 11) is 3.75. The number of anilines is 3. The largest absolute Gasteiger partial charge is 0.398 e. The lowest BCUT2D eigenvalue weighted by atomic mass is 10.1. The van der Waals surface area contributed by atoms with E-state index in [2.05, 4.69) is 27.2 Å². The number of rotatable bonds is 4. The Morgan fingerprint density at radius 2 is 1.54 bits per heavy atom. The minimum Gasteiger partial charge on any atom is -0.398 e. The zero-order chi connectivity index (χ0) is 24.9. The number of carbonyl (C=O) groups excluding carboxylic acids is 1. The Morgan fingerprint density at radius 3 is 2.14 bits per heavy atom. The zero-order valence-corrected chi connectivity index (χ0v) is 20.3. The third-order valence-corrected chi connectivity index (χ3v) is 5.88. The molecule has 35 heavy (non-hydrogen) atoms. The second kappa shape index (κ2) is 10.4. The van der Waals surface area contributed by atoms with Gasteiger partial charge in [0.1, 0.15) is 11.0 Å². The lowest BCUT2D eigenvalue weighted by molar-refractivity contribution is 0.100. The van der Waals surface area contributed by atoms with E-state index in [1.54, 1.807) is 16.9 Å². The third kappa shape index (κ3) is 5.52. The van der Waals surface area contributed by atoms with Crippen LogP contribution in [-0.2, 0) is 4.74 Å². The SMILES string of the molecule is CN(C)c1ccccc1C(N)=O.Cc1cc2nn(-c3ccc(N4CCOCC4)cc3)nc2cc1N. The van der Waals surface area contributed by atoms with E-state index in [0.717, 1.165) is 60.0 Å². The summed E-state index contributed by atoms with van der Waals surface area (Å²) in [6, 6.07) is 19.4. The summed E-state index contributed by atoms with van der Waals surface area (Å²) in [5, 5.41) is 9.06. The van der Waals surface area contributed by atoms with Crippen LogP contribution in [0.5, 0.6) is 0 Å². The number of aryl methyl sites for hydroxylation is 1. The molecule has 4 aromatic rings. The molecule has 9 heteroatoms. The number of hydrogen-bond donors (Lipinski definition) is 2. The van der Waals surface area contributed by atoms with Crippen LogP contribution < -0.4 is 21.3 Å². The molecule has 2 heterocycles. The first-order valence-corrected chi connectivity index (χ1v) is 11.5. The number of aromatic nitrogens is 3. The Balaban J connectivity index is 0.000000204. The Kier molecular flexibility index (Phi) is 7.17. The van der Waals surface area contributed by atoms with Crippen LogP contribution >= 0.6 is 0 Å².